The van der Waals surface area contributed by atoms with Gasteiger partial charge in [0.15, 0.2) is 0 Å². The summed E-state index contributed by atoms with van der Waals surface area (Å²) in [5.74, 6) is -0.331. The Bertz CT molecular complexity index is 1100. The highest BCUT2D eigenvalue weighted by Gasteiger charge is 2.20. The number of benzene rings is 2. The summed E-state index contributed by atoms with van der Waals surface area (Å²) in [5, 5.41) is 4.28. The Morgan fingerprint density at radius 3 is 2.37 bits per heavy atom. The van der Waals surface area contributed by atoms with Crippen LogP contribution >= 0.6 is 11.3 Å². The molecular formula is C20H20N2O3S2. The molecular weight excluding hydrogens is 380 g/mol. The van der Waals surface area contributed by atoms with Crippen molar-refractivity contribution >= 4 is 38.6 Å². The number of nitrogens with one attached hydrogen (secondary N) is 2. The molecule has 2 N–H and O–H groups in total. The molecule has 27 heavy (non-hydrogen) atoms. The average Bonchev–Trinajstić information content (AvgIpc) is 3.11. The SMILES string of the molecule is Cc1ccc(NS(=O)(=O)c2csc(C(=O)Nc3ccccc3C)c2)c(C)c1. The maximum absolute atomic E-state index is 12.7. The van der Waals surface area contributed by atoms with Gasteiger partial charge in [-0.2, -0.15) is 0 Å². The number of carbonyl (C=O) groups excluding carboxylic acids is 1. The normalized spacial score (nSPS) is 11.2. The van der Waals surface area contributed by atoms with E-state index in [0.29, 0.717) is 16.3 Å². The second-order valence-electron chi connectivity index (χ2n) is 6.34. The van der Waals surface area contributed by atoms with Crippen molar-refractivity contribution in [3.63, 3.8) is 0 Å². The van der Waals surface area contributed by atoms with E-state index in [1.54, 1.807) is 12.1 Å². The Morgan fingerprint density at radius 1 is 0.926 bits per heavy atom. The first kappa shape index (κ1) is 19.1. The summed E-state index contributed by atoms with van der Waals surface area (Å²) in [7, 11) is -3.76. The Balaban J connectivity index is 1.79. The molecule has 0 aliphatic carbocycles. The van der Waals surface area contributed by atoms with Gasteiger partial charge in [0.1, 0.15) is 0 Å². The van der Waals surface area contributed by atoms with Gasteiger partial charge in [0, 0.05) is 11.1 Å². The van der Waals surface area contributed by atoms with Gasteiger partial charge in [-0.05, 0) is 50.1 Å². The number of anilines is 2. The zero-order valence-electron chi connectivity index (χ0n) is 15.2. The van der Waals surface area contributed by atoms with Crippen LogP contribution in [0.15, 0.2) is 58.8 Å². The zero-order valence-corrected chi connectivity index (χ0v) is 16.9. The average molecular weight is 401 g/mol. The van der Waals surface area contributed by atoms with Crippen LogP contribution in [0.2, 0.25) is 0 Å². The van der Waals surface area contributed by atoms with Gasteiger partial charge in [0.25, 0.3) is 15.9 Å². The molecule has 1 aromatic heterocycles. The zero-order chi connectivity index (χ0) is 19.6. The van der Waals surface area contributed by atoms with Gasteiger partial charge in [0.2, 0.25) is 0 Å². The van der Waals surface area contributed by atoms with Gasteiger partial charge in [-0.1, -0.05) is 35.9 Å². The Morgan fingerprint density at radius 2 is 1.67 bits per heavy atom. The standard InChI is InChI=1S/C20H20N2O3S2/c1-13-8-9-18(15(3)10-13)22-27(24,25)16-11-19(26-12-16)20(23)21-17-7-5-4-6-14(17)2/h4-12,22H,1-3H3,(H,21,23). The predicted octanol–water partition coefficient (Wildman–Crippen LogP) is 4.73. The van der Waals surface area contributed by atoms with Gasteiger partial charge in [0.05, 0.1) is 15.5 Å². The highest BCUT2D eigenvalue weighted by atomic mass is 32.2. The van der Waals surface area contributed by atoms with E-state index in [1.807, 2.05) is 51.1 Å². The quantitative estimate of drug-likeness (QED) is 0.650. The van der Waals surface area contributed by atoms with E-state index in [-0.39, 0.29) is 10.8 Å². The van der Waals surface area contributed by atoms with Crippen LogP contribution in [-0.4, -0.2) is 14.3 Å². The van der Waals surface area contributed by atoms with Gasteiger partial charge in [-0.25, -0.2) is 8.42 Å². The van der Waals surface area contributed by atoms with E-state index in [4.69, 9.17) is 0 Å². The third-order valence-corrected chi connectivity index (χ3v) is 6.55. The molecule has 5 nitrogen and oxygen atoms in total. The number of hydrogen-bond acceptors (Lipinski definition) is 4. The van der Waals surface area contributed by atoms with Gasteiger partial charge in [-0.15, -0.1) is 11.3 Å². The molecule has 0 aliphatic rings. The van der Waals surface area contributed by atoms with E-state index in [1.165, 1.54) is 11.4 Å². The fourth-order valence-corrected chi connectivity index (χ4v) is 4.91. The van der Waals surface area contributed by atoms with Crippen molar-refractivity contribution < 1.29 is 13.2 Å². The molecule has 0 unspecified atom stereocenters. The minimum atomic E-state index is -3.76. The Labute approximate surface area is 163 Å². The van der Waals surface area contributed by atoms with Crippen molar-refractivity contribution in [2.24, 2.45) is 0 Å². The fraction of sp³-hybridized carbons (Fsp3) is 0.150. The third kappa shape index (κ3) is 4.37. The smallest absolute Gasteiger partial charge is 0.265 e. The summed E-state index contributed by atoms with van der Waals surface area (Å²) < 4.78 is 27.9. The van der Waals surface area contributed by atoms with E-state index in [0.717, 1.165) is 28.0 Å². The number of carbonyl (C=O) groups is 1. The lowest BCUT2D eigenvalue weighted by Gasteiger charge is -2.10. The molecule has 0 atom stereocenters. The lowest BCUT2D eigenvalue weighted by Crippen LogP contribution is -2.14. The van der Waals surface area contributed by atoms with E-state index >= 15 is 0 Å². The number of amides is 1. The molecule has 0 bridgehead atoms. The maximum Gasteiger partial charge on any atom is 0.265 e. The molecule has 0 saturated carbocycles. The summed E-state index contributed by atoms with van der Waals surface area (Å²) in [6, 6.07) is 14.3. The first-order chi connectivity index (χ1) is 12.8. The summed E-state index contributed by atoms with van der Waals surface area (Å²) in [5.41, 5.74) is 4.06. The summed E-state index contributed by atoms with van der Waals surface area (Å²) >= 11 is 1.10. The molecule has 3 rings (SSSR count). The highest BCUT2D eigenvalue weighted by molar-refractivity contribution is 7.92. The first-order valence-corrected chi connectivity index (χ1v) is 10.7. The van der Waals surface area contributed by atoms with Crippen molar-refractivity contribution in [1.82, 2.24) is 0 Å². The molecule has 3 aromatic rings. The molecule has 7 heteroatoms. The van der Waals surface area contributed by atoms with Crippen LogP contribution < -0.4 is 10.0 Å². The van der Waals surface area contributed by atoms with Crippen LogP contribution in [-0.2, 0) is 10.0 Å². The molecule has 0 fully saturated rings. The molecule has 0 aliphatic heterocycles. The topological polar surface area (TPSA) is 75.3 Å². The number of para-hydroxylation sites is 1. The van der Waals surface area contributed by atoms with Crippen LogP contribution in [0.25, 0.3) is 0 Å². The third-order valence-electron chi connectivity index (χ3n) is 4.13. The Kier molecular flexibility index (Phi) is 5.34. The monoisotopic (exact) mass is 400 g/mol. The lowest BCUT2D eigenvalue weighted by atomic mass is 10.1. The molecule has 1 amide bonds. The maximum atomic E-state index is 12.7. The molecule has 0 spiro atoms. The van der Waals surface area contributed by atoms with Crippen molar-refractivity contribution in [3.05, 3.63) is 75.5 Å². The largest absolute Gasteiger partial charge is 0.321 e. The van der Waals surface area contributed by atoms with Gasteiger partial charge >= 0.3 is 0 Å². The molecule has 1 heterocycles. The minimum Gasteiger partial charge on any atom is -0.321 e. The van der Waals surface area contributed by atoms with Gasteiger partial charge in [-0.3, -0.25) is 9.52 Å². The van der Waals surface area contributed by atoms with Crippen LogP contribution in [0, 0.1) is 20.8 Å². The number of hydrogen-bond donors (Lipinski definition) is 2. The number of aryl methyl sites for hydroxylation is 3. The summed E-state index contributed by atoms with van der Waals surface area (Å²) in [4.78, 5) is 12.8. The van der Waals surface area contributed by atoms with E-state index < -0.39 is 10.0 Å². The fourth-order valence-electron chi connectivity index (χ4n) is 2.61. The number of rotatable bonds is 5. The number of thiophene rings is 1. The number of sulfonamides is 1. The van der Waals surface area contributed by atoms with E-state index in [9.17, 15) is 13.2 Å². The van der Waals surface area contributed by atoms with Crippen molar-refractivity contribution in [1.29, 1.82) is 0 Å². The molecule has 0 saturated heterocycles. The van der Waals surface area contributed by atoms with E-state index in [2.05, 4.69) is 10.0 Å². The van der Waals surface area contributed by atoms with Crippen molar-refractivity contribution in [2.45, 2.75) is 25.7 Å². The van der Waals surface area contributed by atoms with Gasteiger partial charge < -0.3 is 5.32 Å². The van der Waals surface area contributed by atoms with Crippen LogP contribution in [0.4, 0.5) is 11.4 Å². The van der Waals surface area contributed by atoms with Crippen molar-refractivity contribution in [2.75, 3.05) is 10.0 Å². The molecule has 140 valence electrons. The van der Waals surface area contributed by atoms with Crippen LogP contribution in [0.5, 0.6) is 0 Å². The minimum absolute atomic E-state index is 0.0717. The summed E-state index contributed by atoms with van der Waals surface area (Å²) in [6.45, 7) is 5.69. The summed E-state index contributed by atoms with van der Waals surface area (Å²) in [6.07, 6.45) is 0. The highest BCUT2D eigenvalue weighted by Crippen LogP contribution is 2.25. The second-order valence-corrected chi connectivity index (χ2v) is 8.93. The molecule has 0 radical (unpaired) electrons. The second kappa shape index (κ2) is 7.54. The lowest BCUT2D eigenvalue weighted by molar-refractivity contribution is 0.103. The Hall–Kier alpha value is -2.64. The van der Waals surface area contributed by atoms with Crippen molar-refractivity contribution in [3.8, 4) is 0 Å². The predicted molar refractivity (Wildman–Crippen MR) is 110 cm³/mol. The van der Waals surface area contributed by atoms with Crippen LogP contribution in [0.1, 0.15) is 26.4 Å². The van der Waals surface area contributed by atoms with Crippen LogP contribution in [0.3, 0.4) is 0 Å². The first-order valence-electron chi connectivity index (χ1n) is 8.32. The molecule has 2 aromatic carbocycles.